The van der Waals surface area contributed by atoms with E-state index in [4.69, 9.17) is 4.74 Å². The van der Waals surface area contributed by atoms with Crippen LogP contribution in [0.4, 0.5) is 4.79 Å². The predicted octanol–water partition coefficient (Wildman–Crippen LogP) is 3.83. The second kappa shape index (κ2) is 13.4. The molecule has 0 bridgehead atoms. The Balaban J connectivity index is 1.90. The van der Waals surface area contributed by atoms with Crippen LogP contribution >= 0.6 is 11.8 Å². The zero-order chi connectivity index (χ0) is 23.3. The van der Waals surface area contributed by atoms with Crippen molar-refractivity contribution in [2.24, 2.45) is 5.92 Å². The summed E-state index contributed by atoms with van der Waals surface area (Å²) in [4.78, 5) is 36.7. The van der Waals surface area contributed by atoms with Crippen LogP contribution in [0.1, 0.15) is 31.4 Å². The molecule has 0 spiro atoms. The number of aliphatic carboxylic acids is 1. The van der Waals surface area contributed by atoms with Gasteiger partial charge in [0, 0.05) is 11.5 Å². The minimum absolute atomic E-state index is 0.0799. The van der Waals surface area contributed by atoms with Crippen LogP contribution in [0.15, 0.2) is 60.7 Å². The molecule has 7 nitrogen and oxygen atoms in total. The first kappa shape index (κ1) is 25.3. The van der Waals surface area contributed by atoms with Gasteiger partial charge in [-0.2, -0.15) is 11.8 Å². The Morgan fingerprint density at radius 1 is 0.906 bits per heavy atom. The Morgan fingerprint density at radius 2 is 1.50 bits per heavy atom. The lowest BCUT2D eigenvalue weighted by atomic mass is 10.0. The Morgan fingerprint density at radius 3 is 2.06 bits per heavy atom. The van der Waals surface area contributed by atoms with Crippen LogP contribution in [0.25, 0.3) is 0 Å². The van der Waals surface area contributed by atoms with Gasteiger partial charge < -0.3 is 20.5 Å². The first-order valence-corrected chi connectivity index (χ1v) is 11.6. The molecule has 0 saturated heterocycles. The summed E-state index contributed by atoms with van der Waals surface area (Å²) < 4.78 is 5.21. The topological polar surface area (TPSA) is 105 Å². The standard InChI is InChI=1S/C24H30N2O5S/c1-17(2)13-20(26-24(30)31-14-18-9-5-3-6-10-18)22(27)25-21(23(28)29)16-32-15-19-11-7-4-8-12-19/h3-12,17,20-21H,13-16H2,1-2H3,(H,25,27)(H,26,30)(H,28,29)/t20-,21-/m0/s1. The van der Waals surface area contributed by atoms with Crippen molar-refractivity contribution in [3.05, 3.63) is 71.8 Å². The van der Waals surface area contributed by atoms with Gasteiger partial charge in [-0.3, -0.25) is 4.79 Å². The molecule has 0 aromatic heterocycles. The van der Waals surface area contributed by atoms with Crippen molar-refractivity contribution in [1.82, 2.24) is 10.6 Å². The summed E-state index contributed by atoms with van der Waals surface area (Å²) >= 11 is 1.42. The quantitative estimate of drug-likeness (QED) is 0.447. The normalized spacial score (nSPS) is 12.6. The molecule has 0 radical (unpaired) electrons. The van der Waals surface area contributed by atoms with Crippen LogP contribution in [0.5, 0.6) is 0 Å². The van der Waals surface area contributed by atoms with E-state index in [2.05, 4.69) is 10.6 Å². The van der Waals surface area contributed by atoms with Crippen LogP contribution in [-0.2, 0) is 26.7 Å². The van der Waals surface area contributed by atoms with Gasteiger partial charge in [-0.15, -0.1) is 0 Å². The Labute approximate surface area is 192 Å². The zero-order valence-electron chi connectivity index (χ0n) is 18.3. The molecule has 0 aliphatic heterocycles. The van der Waals surface area contributed by atoms with Crippen molar-refractivity contribution in [1.29, 1.82) is 0 Å². The largest absolute Gasteiger partial charge is 0.480 e. The number of ether oxygens (including phenoxy) is 1. The number of hydrogen-bond acceptors (Lipinski definition) is 5. The van der Waals surface area contributed by atoms with E-state index in [0.717, 1.165) is 11.1 Å². The fraction of sp³-hybridized carbons (Fsp3) is 0.375. The van der Waals surface area contributed by atoms with Crippen molar-refractivity contribution in [3.63, 3.8) is 0 Å². The first-order valence-electron chi connectivity index (χ1n) is 10.5. The van der Waals surface area contributed by atoms with Gasteiger partial charge in [-0.05, 0) is 23.5 Å². The second-order valence-electron chi connectivity index (χ2n) is 7.79. The smallest absolute Gasteiger partial charge is 0.408 e. The lowest BCUT2D eigenvalue weighted by Gasteiger charge is -2.22. The summed E-state index contributed by atoms with van der Waals surface area (Å²) in [6, 6.07) is 16.9. The molecule has 3 N–H and O–H groups in total. The number of hydrogen-bond donors (Lipinski definition) is 3. The van der Waals surface area contributed by atoms with Gasteiger partial charge in [0.1, 0.15) is 18.7 Å². The lowest BCUT2D eigenvalue weighted by Crippen LogP contribution is -2.52. The number of thioether (sulfide) groups is 1. The first-order chi connectivity index (χ1) is 15.3. The van der Waals surface area contributed by atoms with E-state index in [0.29, 0.717) is 12.2 Å². The molecule has 2 atom stereocenters. The Kier molecular flexibility index (Phi) is 10.6. The minimum Gasteiger partial charge on any atom is -0.480 e. The number of rotatable bonds is 12. The van der Waals surface area contributed by atoms with Crippen molar-refractivity contribution in [2.45, 2.75) is 44.7 Å². The predicted molar refractivity (Wildman–Crippen MR) is 125 cm³/mol. The van der Waals surface area contributed by atoms with Gasteiger partial charge in [0.25, 0.3) is 0 Å². The summed E-state index contributed by atoms with van der Waals surface area (Å²) in [5.74, 6) is -0.698. The van der Waals surface area contributed by atoms with Gasteiger partial charge >= 0.3 is 12.1 Å². The molecular formula is C24H30N2O5S. The van der Waals surface area contributed by atoms with Gasteiger partial charge in [-0.1, -0.05) is 74.5 Å². The summed E-state index contributed by atoms with van der Waals surface area (Å²) in [6.07, 6.45) is -0.365. The van der Waals surface area contributed by atoms with E-state index >= 15 is 0 Å². The van der Waals surface area contributed by atoms with Crippen molar-refractivity contribution < 1.29 is 24.2 Å². The highest BCUT2D eigenvalue weighted by Crippen LogP contribution is 2.14. The molecule has 0 unspecified atom stereocenters. The molecule has 0 heterocycles. The summed E-state index contributed by atoms with van der Waals surface area (Å²) in [5.41, 5.74) is 1.90. The number of nitrogens with one attached hydrogen (secondary N) is 2. The summed E-state index contributed by atoms with van der Waals surface area (Å²) in [5, 5.41) is 14.7. The van der Waals surface area contributed by atoms with Crippen LogP contribution in [0, 0.1) is 5.92 Å². The van der Waals surface area contributed by atoms with E-state index in [1.54, 1.807) is 0 Å². The molecule has 8 heteroatoms. The molecule has 2 aromatic carbocycles. The Bertz CT molecular complexity index is 861. The van der Waals surface area contributed by atoms with Gasteiger partial charge in [-0.25, -0.2) is 9.59 Å². The number of carbonyl (C=O) groups is 3. The van der Waals surface area contributed by atoms with E-state index in [1.165, 1.54) is 11.8 Å². The number of benzene rings is 2. The zero-order valence-corrected chi connectivity index (χ0v) is 19.1. The van der Waals surface area contributed by atoms with Crippen LogP contribution in [0.2, 0.25) is 0 Å². The van der Waals surface area contributed by atoms with E-state index in [1.807, 2.05) is 74.5 Å². The average Bonchev–Trinajstić information content (AvgIpc) is 2.77. The second-order valence-corrected chi connectivity index (χ2v) is 8.82. The highest BCUT2D eigenvalue weighted by Gasteiger charge is 2.27. The molecule has 172 valence electrons. The average molecular weight is 459 g/mol. The van der Waals surface area contributed by atoms with Crippen LogP contribution < -0.4 is 10.6 Å². The molecule has 0 aliphatic carbocycles. The third-order valence-electron chi connectivity index (χ3n) is 4.54. The highest BCUT2D eigenvalue weighted by molar-refractivity contribution is 7.98. The molecule has 0 saturated carbocycles. The van der Waals surface area contributed by atoms with Gasteiger partial charge in [0.15, 0.2) is 0 Å². The number of carboxylic acid groups (broad SMARTS) is 1. The summed E-state index contributed by atoms with van der Waals surface area (Å²) in [7, 11) is 0. The molecule has 0 fully saturated rings. The maximum Gasteiger partial charge on any atom is 0.408 e. The lowest BCUT2D eigenvalue weighted by molar-refractivity contribution is -0.141. The number of alkyl carbamates (subject to hydrolysis) is 1. The molecule has 2 amide bonds. The molecule has 2 aromatic rings. The van der Waals surface area contributed by atoms with E-state index in [-0.39, 0.29) is 18.3 Å². The monoisotopic (exact) mass is 458 g/mol. The van der Waals surface area contributed by atoms with Crippen molar-refractivity contribution >= 4 is 29.7 Å². The minimum atomic E-state index is -1.12. The third kappa shape index (κ3) is 9.43. The van der Waals surface area contributed by atoms with Crippen molar-refractivity contribution in [2.75, 3.05) is 5.75 Å². The molecule has 2 rings (SSSR count). The SMILES string of the molecule is CC(C)C[C@H](NC(=O)OCc1ccccc1)C(=O)N[C@@H](CSCc1ccccc1)C(=O)O. The molecule has 32 heavy (non-hydrogen) atoms. The molecule has 0 aliphatic rings. The highest BCUT2D eigenvalue weighted by atomic mass is 32.2. The van der Waals surface area contributed by atoms with Gasteiger partial charge in [0.05, 0.1) is 0 Å². The number of carbonyl (C=O) groups excluding carboxylic acids is 2. The number of carboxylic acids is 1. The Hall–Kier alpha value is -3.00. The van der Waals surface area contributed by atoms with Gasteiger partial charge in [0.2, 0.25) is 5.91 Å². The van der Waals surface area contributed by atoms with Crippen LogP contribution in [-0.4, -0.2) is 40.9 Å². The molecular weight excluding hydrogens is 428 g/mol. The summed E-state index contributed by atoms with van der Waals surface area (Å²) in [6.45, 7) is 3.92. The fourth-order valence-corrected chi connectivity index (χ4v) is 3.93. The van der Waals surface area contributed by atoms with E-state index in [9.17, 15) is 19.5 Å². The maximum absolute atomic E-state index is 12.8. The van der Waals surface area contributed by atoms with Crippen molar-refractivity contribution in [3.8, 4) is 0 Å². The van der Waals surface area contributed by atoms with E-state index < -0.39 is 30.1 Å². The maximum atomic E-state index is 12.8. The number of amides is 2. The fourth-order valence-electron chi connectivity index (χ4n) is 2.93. The third-order valence-corrected chi connectivity index (χ3v) is 5.65. The van der Waals surface area contributed by atoms with Crippen LogP contribution in [0.3, 0.4) is 0 Å².